The molecule has 2 rings (SSSR count). The van der Waals surface area contributed by atoms with Gasteiger partial charge in [0.25, 0.3) is 0 Å². The first kappa shape index (κ1) is 14.2. The van der Waals surface area contributed by atoms with Gasteiger partial charge in [0.1, 0.15) is 0 Å². The predicted molar refractivity (Wildman–Crippen MR) is 75.8 cm³/mol. The van der Waals surface area contributed by atoms with Crippen LogP contribution in [-0.2, 0) is 10.0 Å². The number of benzene rings is 1. The van der Waals surface area contributed by atoms with E-state index in [0.717, 1.165) is 24.8 Å². The Hall–Kier alpha value is -1.17. The Balaban J connectivity index is 1.97. The maximum absolute atomic E-state index is 11.9. The third-order valence-electron chi connectivity index (χ3n) is 3.22. The van der Waals surface area contributed by atoms with Gasteiger partial charge >= 0.3 is 0 Å². The van der Waals surface area contributed by atoms with Gasteiger partial charge < -0.3 is 5.11 Å². The highest BCUT2D eigenvalue weighted by molar-refractivity contribution is 7.92. The SMILES string of the molecule is O=S(=O)(/C=C/c1ccccc1)N[C@H]1CCC[C@H](O)C1. The van der Waals surface area contributed by atoms with Crippen LogP contribution in [-0.4, -0.2) is 25.7 Å². The van der Waals surface area contributed by atoms with Crippen molar-refractivity contribution in [1.82, 2.24) is 4.72 Å². The van der Waals surface area contributed by atoms with Crippen molar-refractivity contribution in [3.8, 4) is 0 Å². The number of aliphatic hydroxyl groups excluding tert-OH is 1. The van der Waals surface area contributed by atoms with Gasteiger partial charge in [-0.2, -0.15) is 0 Å². The molecule has 0 bridgehead atoms. The van der Waals surface area contributed by atoms with Crippen LogP contribution >= 0.6 is 0 Å². The fourth-order valence-electron chi connectivity index (χ4n) is 2.27. The quantitative estimate of drug-likeness (QED) is 0.885. The molecule has 19 heavy (non-hydrogen) atoms. The Morgan fingerprint density at radius 1 is 1.21 bits per heavy atom. The molecule has 0 saturated heterocycles. The van der Waals surface area contributed by atoms with Gasteiger partial charge in [-0.05, 0) is 37.3 Å². The molecule has 1 saturated carbocycles. The van der Waals surface area contributed by atoms with Gasteiger partial charge in [-0.15, -0.1) is 0 Å². The van der Waals surface area contributed by atoms with Crippen LogP contribution in [0.4, 0.5) is 0 Å². The van der Waals surface area contributed by atoms with Crippen molar-refractivity contribution in [2.45, 2.75) is 37.8 Å². The zero-order valence-corrected chi connectivity index (χ0v) is 11.5. The van der Waals surface area contributed by atoms with Crippen LogP contribution in [0, 0.1) is 0 Å². The molecule has 0 radical (unpaired) electrons. The second kappa shape index (κ2) is 6.32. The van der Waals surface area contributed by atoms with Crippen LogP contribution in [0.1, 0.15) is 31.2 Å². The molecule has 1 aromatic rings. The first-order valence-electron chi connectivity index (χ1n) is 6.49. The molecule has 1 aromatic carbocycles. The third-order valence-corrected chi connectivity index (χ3v) is 4.37. The van der Waals surface area contributed by atoms with Crippen molar-refractivity contribution >= 4 is 16.1 Å². The van der Waals surface area contributed by atoms with Crippen LogP contribution in [0.25, 0.3) is 6.08 Å². The molecule has 1 aliphatic rings. The number of sulfonamides is 1. The van der Waals surface area contributed by atoms with Crippen LogP contribution < -0.4 is 4.72 Å². The molecule has 2 N–H and O–H groups in total. The maximum Gasteiger partial charge on any atom is 0.233 e. The van der Waals surface area contributed by atoms with E-state index < -0.39 is 10.0 Å². The van der Waals surface area contributed by atoms with Crippen LogP contribution in [0.2, 0.25) is 0 Å². The third kappa shape index (κ3) is 4.78. The summed E-state index contributed by atoms with van der Waals surface area (Å²) in [7, 11) is -3.44. The van der Waals surface area contributed by atoms with Gasteiger partial charge in [-0.3, -0.25) is 0 Å². The standard InChI is InChI=1S/C14H19NO3S/c16-14-8-4-7-13(11-14)15-19(17,18)10-9-12-5-2-1-3-6-12/h1-3,5-6,9-10,13-16H,4,7-8,11H2/b10-9+/t13-,14-/m0/s1. The van der Waals surface area contributed by atoms with Gasteiger partial charge in [0.15, 0.2) is 0 Å². The van der Waals surface area contributed by atoms with E-state index in [4.69, 9.17) is 0 Å². The Kier molecular flexibility index (Phi) is 4.74. The summed E-state index contributed by atoms with van der Waals surface area (Å²) in [6.07, 6.45) is 4.09. The Labute approximate surface area is 114 Å². The first-order valence-corrected chi connectivity index (χ1v) is 8.03. The van der Waals surface area contributed by atoms with E-state index in [1.807, 2.05) is 30.3 Å². The zero-order chi connectivity index (χ0) is 13.7. The number of hydrogen-bond acceptors (Lipinski definition) is 3. The molecule has 4 nitrogen and oxygen atoms in total. The van der Waals surface area contributed by atoms with Crippen molar-refractivity contribution in [2.24, 2.45) is 0 Å². The van der Waals surface area contributed by atoms with Crippen molar-refractivity contribution in [1.29, 1.82) is 0 Å². The Morgan fingerprint density at radius 3 is 2.63 bits per heavy atom. The summed E-state index contributed by atoms with van der Waals surface area (Å²) in [5.41, 5.74) is 0.844. The van der Waals surface area contributed by atoms with Gasteiger partial charge in [-0.1, -0.05) is 30.3 Å². The molecule has 2 atom stereocenters. The predicted octanol–water partition coefficient (Wildman–Crippen LogP) is 1.88. The molecular formula is C14H19NO3S. The van der Waals surface area contributed by atoms with Crippen molar-refractivity contribution in [3.63, 3.8) is 0 Å². The molecular weight excluding hydrogens is 262 g/mol. The van der Waals surface area contributed by atoms with Gasteiger partial charge in [0, 0.05) is 11.4 Å². The van der Waals surface area contributed by atoms with E-state index in [9.17, 15) is 13.5 Å². The van der Waals surface area contributed by atoms with E-state index in [1.54, 1.807) is 6.08 Å². The minimum absolute atomic E-state index is 0.158. The molecule has 5 heteroatoms. The molecule has 0 unspecified atom stereocenters. The van der Waals surface area contributed by atoms with Crippen LogP contribution in [0.15, 0.2) is 35.7 Å². The average molecular weight is 281 g/mol. The average Bonchev–Trinajstić information content (AvgIpc) is 2.37. The van der Waals surface area contributed by atoms with Crippen molar-refractivity contribution in [3.05, 3.63) is 41.3 Å². The fourth-order valence-corrected chi connectivity index (χ4v) is 3.37. The molecule has 0 amide bonds. The van der Waals surface area contributed by atoms with Crippen LogP contribution in [0.3, 0.4) is 0 Å². The number of aliphatic hydroxyl groups is 1. The molecule has 0 heterocycles. The first-order chi connectivity index (χ1) is 9.05. The second-order valence-electron chi connectivity index (χ2n) is 4.89. The van der Waals surface area contributed by atoms with Gasteiger partial charge in [-0.25, -0.2) is 13.1 Å². The van der Waals surface area contributed by atoms with E-state index in [2.05, 4.69) is 4.72 Å². The minimum atomic E-state index is -3.44. The lowest BCUT2D eigenvalue weighted by Gasteiger charge is -2.25. The number of hydrogen-bond donors (Lipinski definition) is 2. The largest absolute Gasteiger partial charge is 0.393 e. The minimum Gasteiger partial charge on any atom is -0.393 e. The van der Waals surface area contributed by atoms with E-state index >= 15 is 0 Å². The van der Waals surface area contributed by atoms with Gasteiger partial charge in [0.05, 0.1) is 6.10 Å². The normalized spacial score (nSPS) is 24.7. The summed E-state index contributed by atoms with van der Waals surface area (Å²) < 4.78 is 26.4. The lowest BCUT2D eigenvalue weighted by molar-refractivity contribution is 0.117. The Bertz CT molecular complexity index is 525. The molecule has 0 spiro atoms. The summed E-state index contributed by atoms with van der Waals surface area (Å²) in [6, 6.07) is 9.13. The summed E-state index contributed by atoms with van der Waals surface area (Å²) in [5, 5.41) is 10.7. The zero-order valence-electron chi connectivity index (χ0n) is 10.7. The molecule has 1 fully saturated rings. The lowest BCUT2D eigenvalue weighted by atomic mass is 9.94. The van der Waals surface area contributed by atoms with E-state index in [-0.39, 0.29) is 12.1 Å². The smallest absolute Gasteiger partial charge is 0.233 e. The van der Waals surface area contributed by atoms with Gasteiger partial charge in [0.2, 0.25) is 10.0 Å². The highest BCUT2D eigenvalue weighted by Crippen LogP contribution is 2.19. The molecule has 104 valence electrons. The van der Waals surface area contributed by atoms with E-state index in [1.165, 1.54) is 5.41 Å². The molecule has 1 aliphatic carbocycles. The molecule has 0 aliphatic heterocycles. The summed E-state index contributed by atoms with van der Waals surface area (Å²) in [5.74, 6) is 0. The van der Waals surface area contributed by atoms with Crippen LogP contribution in [0.5, 0.6) is 0 Å². The van der Waals surface area contributed by atoms with E-state index in [0.29, 0.717) is 6.42 Å². The highest BCUT2D eigenvalue weighted by Gasteiger charge is 2.23. The monoisotopic (exact) mass is 281 g/mol. The molecule has 0 aromatic heterocycles. The second-order valence-corrected chi connectivity index (χ2v) is 6.49. The maximum atomic E-state index is 11.9. The fraction of sp³-hybridized carbons (Fsp3) is 0.429. The summed E-state index contributed by atoms with van der Waals surface area (Å²) in [4.78, 5) is 0. The van der Waals surface area contributed by atoms with Crippen molar-refractivity contribution in [2.75, 3.05) is 0 Å². The van der Waals surface area contributed by atoms with Crippen molar-refractivity contribution < 1.29 is 13.5 Å². The lowest BCUT2D eigenvalue weighted by Crippen LogP contribution is -2.38. The number of rotatable bonds is 4. The summed E-state index contributed by atoms with van der Waals surface area (Å²) >= 11 is 0. The highest BCUT2D eigenvalue weighted by atomic mass is 32.2. The Morgan fingerprint density at radius 2 is 1.95 bits per heavy atom. The summed E-state index contributed by atoms with van der Waals surface area (Å²) in [6.45, 7) is 0. The number of nitrogens with one attached hydrogen (secondary N) is 1. The topological polar surface area (TPSA) is 66.4 Å².